The summed E-state index contributed by atoms with van der Waals surface area (Å²) in [5, 5.41) is 0.685. The second-order valence-corrected chi connectivity index (χ2v) is 4.82. The molecule has 2 aromatic carbocycles. The average molecular weight is 291 g/mol. The highest BCUT2D eigenvalue weighted by Crippen LogP contribution is 2.25. The summed E-state index contributed by atoms with van der Waals surface area (Å²) in [4.78, 5) is 11.7. The molecule has 0 atom stereocenters. The summed E-state index contributed by atoms with van der Waals surface area (Å²) in [5.74, 6) is 0.661. The first-order valence-electron chi connectivity index (χ1n) is 6.21. The van der Waals surface area contributed by atoms with Crippen molar-refractivity contribution in [3.8, 4) is 11.5 Å². The lowest BCUT2D eigenvalue weighted by molar-refractivity contribution is -0.136. The van der Waals surface area contributed by atoms with Crippen LogP contribution in [0.4, 0.5) is 0 Å². The van der Waals surface area contributed by atoms with Crippen molar-refractivity contribution in [2.24, 2.45) is 0 Å². The molecule has 0 N–H and O–H groups in total. The van der Waals surface area contributed by atoms with Crippen LogP contribution in [0.2, 0.25) is 5.02 Å². The standard InChI is InChI=1S/C16H15ClO3/c1-11-8-14(9-12(2)16(11)17)20-15(18)10-19-13-6-4-3-5-7-13/h3-9H,10H2,1-2H3. The summed E-state index contributed by atoms with van der Waals surface area (Å²) >= 11 is 6.06. The van der Waals surface area contributed by atoms with Gasteiger partial charge in [0, 0.05) is 5.02 Å². The van der Waals surface area contributed by atoms with Gasteiger partial charge in [0.05, 0.1) is 0 Å². The number of aryl methyl sites for hydroxylation is 2. The van der Waals surface area contributed by atoms with Crippen LogP contribution in [0.5, 0.6) is 11.5 Å². The molecule has 0 radical (unpaired) electrons. The summed E-state index contributed by atoms with van der Waals surface area (Å²) < 4.78 is 10.6. The molecule has 2 aromatic rings. The summed E-state index contributed by atoms with van der Waals surface area (Å²) in [5.41, 5.74) is 1.75. The SMILES string of the molecule is Cc1cc(OC(=O)COc2ccccc2)cc(C)c1Cl. The Balaban J connectivity index is 1.95. The average Bonchev–Trinajstić information content (AvgIpc) is 2.43. The predicted octanol–water partition coefficient (Wildman–Crippen LogP) is 3.94. The van der Waals surface area contributed by atoms with Crippen LogP contribution in [0.15, 0.2) is 42.5 Å². The van der Waals surface area contributed by atoms with Crippen molar-refractivity contribution in [1.82, 2.24) is 0 Å². The van der Waals surface area contributed by atoms with E-state index in [9.17, 15) is 4.79 Å². The fraction of sp³-hybridized carbons (Fsp3) is 0.188. The molecule has 0 aliphatic carbocycles. The van der Waals surface area contributed by atoms with Gasteiger partial charge in [-0.2, -0.15) is 0 Å². The van der Waals surface area contributed by atoms with Gasteiger partial charge < -0.3 is 9.47 Å². The minimum Gasteiger partial charge on any atom is -0.482 e. The van der Waals surface area contributed by atoms with E-state index in [4.69, 9.17) is 21.1 Å². The maximum absolute atomic E-state index is 11.7. The zero-order valence-electron chi connectivity index (χ0n) is 11.4. The first kappa shape index (κ1) is 14.4. The molecular formula is C16H15ClO3. The highest BCUT2D eigenvalue weighted by atomic mass is 35.5. The number of halogens is 1. The Morgan fingerprint density at radius 1 is 1.05 bits per heavy atom. The Morgan fingerprint density at radius 3 is 2.25 bits per heavy atom. The Morgan fingerprint density at radius 2 is 1.65 bits per heavy atom. The molecule has 0 amide bonds. The molecule has 0 bridgehead atoms. The van der Waals surface area contributed by atoms with E-state index in [1.54, 1.807) is 24.3 Å². The molecule has 20 heavy (non-hydrogen) atoms. The van der Waals surface area contributed by atoms with E-state index in [2.05, 4.69) is 0 Å². The van der Waals surface area contributed by atoms with Gasteiger partial charge in [-0.05, 0) is 49.2 Å². The van der Waals surface area contributed by atoms with Crippen molar-refractivity contribution in [3.63, 3.8) is 0 Å². The minimum atomic E-state index is -0.449. The molecule has 0 saturated heterocycles. The number of carbonyl (C=O) groups excluding carboxylic acids is 1. The van der Waals surface area contributed by atoms with E-state index in [-0.39, 0.29) is 6.61 Å². The van der Waals surface area contributed by atoms with Crippen LogP contribution in [0, 0.1) is 13.8 Å². The van der Waals surface area contributed by atoms with Gasteiger partial charge in [-0.15, -0.1) is 0 Å². The largest absolute Gasteiger partial charge is 0.482 e. The minimum absolute atomic E-state index is 0.134. The summed E-state index contributed by atoms with van der Waals surface area (Å²) in [6.07, 6.45) is 0. The van der Waals surface area contributed by atoms with E-state index in [0.717, 1.165) is 11.1 Å². The maximum atomic E-state index is 11.7. The van der Waals surface area contributed by atoms with Crippen LogP contribution in [0.3, 0.4) is 0 Å². The molecular weight excluding hydrogens is 276 g/mol. The number of rotatable bonds is 4. The Hall–Kier alpha value is -2.00. The lowest BCUT2D eigenvalue weighted by Gasteiger charge is -2.09. The third-order valence-electron chi connectivity index (χ3n) is 2.74. The first-order valence-corrected chi connectivity index (χ1v) is 6.59. The second-order valence-electron chi connectivity index (χ2n) is 4.45. The van der Waals surface area contributed by atoms with Crippen LogP contribution in [0.1, 0.15) is 11.1 Å². The molecule has 0 aliphatic rings. The summed E-state index contributed by atoms with van der Waals surface area (Å²) in [7, 11) is 0. The normalized spacial score (nSPS) is 10.2. The molecule has 0 saturated carbocycles. The van der Waals surface area contributed by atoms with Crippen LogP contribution >= 0.6 is 11.6 Å². The zero-order chi connectivity index (χ0) is 14.5. The highest BCUT2D eigenvalue weighted by molar-refractivity contribution is 6.32. The number of esters is 1. The van der Waals surface area contributed by atoms with Gasteiger partial charge in [-0.1, -0.05) is 29.8 Å². The van der Waals surface area contributed by atoms with Gasteiger partial charge in [0.25, 0.3) is 0 Å². The van der Waals surface area contributed by atoms with Crippen molar-refractivity contribution >= 4 is 17.6 Å². The van der Waals surface area contributed by atoms with Gasteiger partial charge >= 0.3 is 5.97 Å². The van der Waals surface area contributed by atoms with E-state index in [1.807, 2.05) is 32.0 Å². The third kappa shape index (κ3) is 3.75. The predicted molar refractivity (Wildman–Crippen MR) is 78.5 cm³/mol. The van der Waals surface area contributed by atoms with E-state index in [0.29, 0.717) is 16.5 Å². The Labute approximate surface area is 123 Å². The van der Waals surface area contributed by atoms with Crippen molar-refractivity contribution in [1.29, 1.82) is 0 Å². The lowest BCUT2D eigenvalue weighted by atomic mass is 10.1. The van der Waals surface area contributed by atoms with E-state index < -0.39 is 5.97 Å². The van der Waals surface area contributed by atoms with Gasteiger partial charge in [-0.25, -0.2) is 4.79 Å². The van der Waals surface area contributed by atoms with E-state index >= 15 is 0 Å². The number of hydrogen-bond donors (Lipinski definition) is 0. The molecule has 0 fully saturated rings. The van der Waals surface area contributed by atoms with Gasteiger partial charge in [0.2, 0.25) is 0 Å². The molecule has 0 unspecified atom stereocenters. The Kier molecular flexibility index (Phi) is 4.64. The van der Waals surface area contributed by atoms with Crippen molar-refractivity contribution in [2.45, 2.75) is 13.8 Å². The zero-order valence-corrected chi connectivity index (χ0v) is 12.1. The topological polar surface area (TPSA) is 35.5 Å². The lowest BCUT2D eigenvalue weighted by Crippen LogP contribution is -2.17. The summed E-state index contributed by atoms with van der Waals surface area (Å²) in [6.45, 7) is 3.60. The molecule has 0 aliphatic heterocycles. The second kappa shape index (κ2) is 6.44. The number of carbonyl (C=O) groups is 1. The molecule has 104 valence electrons. The molecule has 4 heteroatoms. The number of ether oxygens (including phenoxy) is 2. The van der Waals surface area contributed by atoms with Gasteiger partial charge in [-0.3, -0.25) is 0 Å². The third-order valence-corrected chi connectivity index (χ3v) is 3.34. The van der Waals surface area contributed by atoms with Crippen LogP contribution < -0.4 is 9.47 Å². The quantitative estimate of drug-likeness (QED) is 0.632. The highest BCUT2D eigenvalue weighted by Gasteiger charge is 2.09. The molecule has 2 rings (SSSR count). The first-order chi connectivity index (χ1) is 9.56. The number of para-hydroxylation sites is 1. The van der Waals surface area contributed by atoms with Gasteiger partial charge in [0.15, 0.2) is 6.61 Å². The van der Waals surface area contributed by atoms with Crippen LogP contribution in [0.25, 0.3) is 0 Å². The smallest absolute Gasteiger partial charge is 0.349 e. The fourth-order valence-corrected chi connectivity index (χ4v) is 1.89. The van der Waals surface area contributed by atoms with Crippen molar-refractivity contribution < 1.29 is 14.3 Å². The number of benzene rings is 2. The molecule has 0 spiro atoms. The maximum Gasteiger partial charge on any atom is 0.349 e. The van der Waals surface area contributed by atoms with E-state index in [1.165, 1.54) is 0 Å². The van der Waals surface area contributed by atoms with Crippen molar-refractivity contribution in [3.05, 3.63) is 58.6 Å². The Bertz CT molecular complexity index is 585. The monoisotopic (exact) mass is 290 g/mol. The van der Waals surface area contributed by atoms with Crippen LogP contribution in [-0.2, 0) is 4.79 Å². The molecule has 0 heterocycles. The van der Waals surface area contributed by atoms with Crippen molar-refractivity contribution in [2.75, 3.05) is 6.61 Å². The molecule has 3 nitrogen and oxygen atoms in total. The van der Waals surface area contributed by atoms with Crippen LogP contribution in [-0.4, -0.2) is 12.6 Å². The molecule has 0 aromatic heterocycles. The summed E-state index contributed by atoms with van der Waals surface area (Å²) in [6, 6.07) is 12.6. The fourth-order valence-electron chi connectivity index (χ4n) is 1.78. The van der Waals surface area contributed by atoms with Gasteiger partial charge in [0.1, 0.15) is 11.5 Å². The number of hydrogen-bond acceptors (Lipinski definition) is 3.